The van der Waals surface area contributed by atoms with Crippen molar-refractivity contribution in [2.24, 2.45) is 5.92 Å². The number of aliphatic carboxylic acids is 1. The van der Waals surface area contributed by atoms with E-state index in [4.69, 9.17) is 15.6 Å². The smallest absolute Gasteiger partial charge is 0.303 e. The number of fused-ring (bicyclic) bond motifs is 2. The van der Waals surface area contributed by atoms with Crippen LogP contribution in [0.4, 0.5) is 11.4 Å². The van der Waals surface area contributed by atoms with Crippen LogP contribution in [0.2, 0.25) is 0 Å². The van der Waals surface area contributed by atoms with E-state index in [2.05, 4.69) is 85.3 Å². The second-order valence-corrected chi connectivity index (χ2v) is 20.3. The molecule has 63 heavy (non-hydrogen) atoms. The van der Waals surface area contributed by atoms with Gasteiger partial charge in [0, 0.05) is 92.0 Å². The maximum atomic E-state index is 13.0. The summed E-state index contributed by atoms with van der Waals surface area (Å²) in [5.74, 6) is 0.0454. The van der Waals surface area contributed by atoms with Crippen LogP contribution in [-0.4, -0.2) is 99.5 Å². The van der Waals surface area contributed by atoms with Crippen molar-refractivity contribution >= 4 is 68.9 Å². The Hall–Kier alpha value is -2.95. The highest BCUT2D eigenvalue weighted by Gasteiger charge is 2.46. The molecule has 1 amide bonds. The Labute approximate surface area is 381 Å². The molecule has 0 saturated carbocycles. The molecular weight excluding hydrogens is 873 g/mol. The minimum Gasteiger partial charge on any atom is -0.481 e. The Morgan fingerprint density at radius 2 is 1.44 bits per heavy atom. The third-order valence-corrected chi connectivity index (χ3v) is 14.8. The average molecular weight is 941 g/mol. The fourth-order valence-electron chi connectivity index (χ4n) is 8.78. The summed E-state index contributed by atoms with van der Waals surface area (Å²) in [7, 11) is -4.38. The molecule has 0 fully saturated rings. The minimum atomic E-state index is -4.38. The van der Waals surface area contributed by atoms with Gasteiger partial charge in [0.25, 0.3) is 10.1 Å². The molecule has 352 valence electrons. The standard InChI is InChI=1S/C44H66N4O12S3/c1-32-43(3,4)37-28-35(62-60-58-53)19-21-39(37)47(32)25-14-7-10-17-41(49)46-31-34(16-9-6-11-18-42(50)51)30-45-24-13-8-12-23-44(5)33(2)48(26-15-27-61-59-57-52)40-22-20-36(29-38(40)44)63(54,55)56/h19-22,28-29,34,45H,6-18,23-27,30-31H2,1-5H3,(H3-2,46,49,50,51,52,53,54,55,56)/p+2. The number of nitrogens with zero attached hydrogens (tertiary/aromatic N) is 2. The van der Waals surface area contributed by atoms with E-state index < -0.39 is 21.5 Å². The molecular formula is C44H68N4O12S3+2. The van der Waals surface area contributed by atoms with Crippen molar-refractivity contribution in [3.05, 3.63) is 47.5 Å². The second kappa shape index (κ2) is 25.7. The Kier molecular flexibility index (Phi) is 21.5. The summed E-state index contributed by atoms with van der Waals surface area (Å²) in [4.78, 5) is 24.7. The van der Waals surface area contributed by atoms with Crippen LogP contribution in [0.3, 0.4) is 0 Å². The van der Waals surface area contributed by atoms with Crippen molar-refractivity contribution in [1.29, 1.82) is 0 Å². The summed E-state index contributed by atoms with van der Waals surface area (Å²) in [5.41, 5.74) is 5.89. The number of unbranched alkanes of at least 4 members (excludes halogenated alkanes) is 6. The largest absolute Gasteiger partial charge is 0.481 e. The van der Waals surface area contributed by atoms with Gasteiger partial charge in [-0.15, -0.1) is 8.67 Å². The van der Waals surface area contributed by atoms with Crippen LogP contribution in [-0.2, 0) is 49.3 Å². The van der Waals surface area contributed by atoms with E-state index in [1.807, 2.05) is 6.07 Å². The average Bonchev–Trinajstić information content (AvgIpc) is 3.57. The van der Waals surface area contributed by atoms with Crippen molar-refractivity contribution in [3.63, 3.8) is 0 Å². The summed E-state index contributed by atoms with van der Waals surface area (Å²) in [6, 6.07) is 10.8. The molecule has 2 heterocycles. The first-order valence-corrected chi connectivity index (χ1v) is 25.1. The lowest BCUT2D eigenvalue weighted by Gasteiger charge is -2.22. The van der Waals surface area contributed by atoms with Gasteiger partial charge in [0.15, 0.2) is 11.4 Å². The second-order valence-electron chi connectivity index (χ2n) is 17.3. The maximum Gasteiger partial charge on any atom is 0.303 e. The summed E-state index contributed by atoms with van der Waals surface area (Å²) >= 11 is 1.94. The third-order valence-electron chi connectivity index (χ3n) is 12.8. The summed E-state index contributed by atoms with van der Waals surface area (Å²) in [6.45, 7) is 14.3. The van der Waals surface area contributed by atoms with E-state index >= 15 is 0 Å². The lowest BCUT2D eigenvalue weighted by Crippen LogP contribution is -2.35. The predicted molar refractivity (Wildman–Crippen MR) is 244 cm³/mol. The molecule has 19 heteroatoms. The highest BCUT2D eigenvalue weighted by molar-refractivity contribution is 7.94. The van der Waals surface area contributed by atoms with Crippen LogP contribution in [0.25, 0.3) is 0 Å². The van der Waals surface area contributed by atoms with Crippen molar-refractivity contribution in [1.82, 2.24) is 10.6 Å². The molecule has 6 N–H and O–H groups in total. The van der Waals surface area contributed by atoms with Crippen LogP contribution in [0, 0.1) is 5.92 Å². The Morgan fingerprint density at radius 1 is 0.778 bits per heavy atom. The van der Waals surface area contributed by atoms with Gasteiger partial charge in [0.05, 0.1) is 27.8 Å². The Balaban J connectivity index is 1.22. The van der Waals surface area contributed by atoms with Crippen molar-refractivity contribution in [3.8, 4) is 0 Å². The number of hydrogen-bond donors (Lipinski definition) is 6. The zero-order chi connectivity index (χ0) is 46.0. The molecule has 0 radical (unpaired) electrons. The Morgan fingerprint density at radius 3 is 2.17 bits per heavy atom. The lowest BCUT2D eigenvalue weighted by molar-refractivity contribution is -0.439. The summed E-state index contributed by atoms with van der Waals surface area (Å²) in [6.07, 6.45) is 10.8. The molecule has 0 bridgehead atoms. The third kappa shape index (κ3) is 15.3. The molecule has 2 atom stereocenters. The number of nitrogens with one attached hydrogen (secondary N) is 2. The SMILES string of the molecule is CC1=[N+](CCCCCC(=O)NCC(CCCCCC(=O)O)CNCCCCCC2(C)C(C)=[N+](CCCSOOO)c3ccc(S(=O)(=O)O)cc32)c2ccc(SOOO)cc2C1(C)C. The minimum absolute atomic E-state index is 0.0425. The van der Waals surface area contributed by atoms with Crippen LogP contribution in [0.15, 0.2) is 46.2 Å². The number of rotatable bonds is 32. The molecule has 16 nitrogen and oxygen atoms in total. The number of carboxylic acid groups (broad SMARTS) is 1. The first-order valence-electron chi connectivity index (χ1n) is 22.0. The zero-order valence-electron chi connectivity index (χ0n) is 37.4. The summed E-state index contributed by atoms with van der Waals surface area (Å²) in [5, 5.41) is 40.2. The Bertz CT molecular complexity index is 2010. The van der Waals surface area contributed by atoms with Crippen molar-refractivity contribution in [2.75, 3.05) is 38.5 Å². The molecule has 2 aliphatic heterocycles. The predicted octanol–water partition coefficient (Wildman–Crippen LogP) is 8.77. The first-order chi connectivity index (χ1) is 30.0. The normalized spacial score (nSPS) is 17.3. The van der Waals surface area contributed by atoms with Gasteiger partial charge in [-0.25, -0.2) is 10.5 Å². The van der Waals surface area contributed by atoms with E-state index in [0.29, 0.717) is 31.7 Å². The fourth-order valence-corrected chi connectivity index (χ4v) is 10.0. The first kappa shape index (κ1) is 52.7. The number of hydrogen-bond acceptors (Lipinski definition) is 13. The van der Waals surface area contributed by atoms with Gasteiger partial charge in [-0.05, 0) is 103 Å². The van der Waals surface area contributed by atoms with E-state index in [1.165, 1.54) is 17.3 Å². The van der Waals surface area contributed by atoms with Gasteiger partial charge in [-0.3, -0.25) is 14.1 Å². The monoisotopic (exact) mass is 940 g/mol. The van der Waals surface area contributed by atoms with E-state index in [1.54, 1.807) is 12.1 Å². The number of amides is 1. The van der Waals surface area contributed by atoms with Gasteiger partial charge in [0.1, 0.15) is 13.1 Å². The van der Waals surface area contributed by atoms with Crippen LogP contribution < -0.4 is 10.6 Å². The molecule has 0 aliphatic carbocycles. The highest BCUT2D eigenvalue weighted by atomic mass is 32.2. The van der Waals surface area contributed by atoms with E-state index in [0.717, 1.165) is 142 Å². The van der Waals surface area contributed by atoms with Crippen LogP contribution in [0.1, 0.15) is 136 Å². The van der Waals surface area contributed by atoms with Crippen LogP contribution in [0.5, 0.6) is 0 Å². The van der Waals surface area contributed by atoms with E-state index in [-0.39, 0.29) is 28.6 Å². The van der Waals surface area contributed by atoms with Gasteiger partial charge >= 0.3 is 5.97 Å². The van der Waals surface area contributed by atoms with Gasteiger partial charge < -0.3 is 15.7 Å². The molecule has 4 rings (SSSR count). The molecule has 0 aromatic heterocycles. The molecule has 0 spiro atoms. The van der Waals surface area contributed by atoms with Gasteiger partial charge in [-0.2, -0.15) is 17.6 Å². The van der Waals surface area contributed by atoms with Gasteiger partial charge in [-0.1, -0.05) is 35.8 Å². The lowest BCUT2D eigenvalue weighted by atomic mass is 9.76. The highest BCUT2D eigenvalue weighted by Crippen LogP contribution is 2.45. The quantitative estimate of drug-likeness (QED) is 0.0101. The zero-order valence-corrected chi connectivity index (χ0v) is 39.8. The number of carbonyl (C=O) groups is 2. The number of benzene rings is 2. The molecule has 2 aromatic rings. The summed E-state index contributed by atoms with van der Waals surface area (Å²) < 4.78 is 47.7. The molecule has 0 saturated heterocycles. The fraction of sp³-hybridized carbons (Fsp3) is 0.636. The van der Waals surface area contributed by atoms with E-state index in [9.17, 15) is 22.6 Å². The molecule has 2 aliphatic rings. The van der Waals surface area contributed by atoms with Crippen LogP contribution >= 0.6 is 24.1 Å². The van der Waals surface area contributed by atoms with Gasteiger partial charge in [0.2, 0.25) is 17.3 Å². The topological polar surface area (TPSA) is 216 Å². The maximum absolute atomic E-state index is 13.0. The number of carboxylic acids is 1. The van der Waals surface area contributed by atoms with Crippen molar-refractivity contribution in [2.45, 2.75) is 145 Å². The number of carbonyl (C=O) groups excluding carboxylic acids is 1. The molecule has 2 unspecified atom stereocenters. The van der Waals surface area contributed by atoms with Crippen molar-refractivity contribution < 1.29 is 66.1 Å². The molecule has 2 aromatic carbocycles.